The SMILES string of the molecule is COc1cc(OC)c2c3cccc4c3c3c5c6c(cccc6c6c(OC)cc(OC)c7c8ccccc8c(c8c9ccccc9c1c2c83)c5c76)C4=CC(C)(C)C. The standard InChI is InChI=1S/C52H38O4/c1-52(2,3)24-33-29-18-12-20-31-38(29)46-47-39-30(33)19-13-21-32(39)43-37(56-7)23-35(54-5)41-26-15-9-11-17-28(26)45(51(47)49(41)43)44-27-16-10-8-14-25(27)40-34(53-4)22-36(55-6)42(31)48(40)50(44)46/h8-24H,1-7H3. The molecule has 0 atom stereocenters. The molecular weight excluding hydrogens is 689 g/mol. The Morgan fingerprint density at radius 2 is 0.643 bits per heavy atom. The Balaban J connectivity index is 1.62. The molecule has 270 valence electrons. The second kappa shape index (κ2) is 10.6. The second-order valence-electron chi connectivity index (χ2n) is 16.5. The molecule has 0 saturated heterocycles. The van der Waals surface area contributed by atoms with Crippen LogP contribution in [0, 0.1) is 5.41 Å². The molecule has 56 heavy (non-hydrogen) atoms. The fourth-order valence-electron chi connectivity index (χ4n) is 10.9. The van der Waals surface area contributed by atoms with E-state index in [1.54, 1.807) is 28.4 Å². The van der Waals surface area contributed by atoms with Crippen LogP contribution >= 0.6 is 0 Å². The van der Waals surface area contributed by atoms with Crippen molar-refractivity contribution in [1.29, 1.82) is 0 Å². The number of allylic oxidation sites excluding steroid dienone is 1. The molecule has 0 heterocycles. The van der Waals surface area contributed by atoms with Crippen LogP contribution in [-0.2, 0) is 0 Å². The highest BCUT2D eigenvalue weighted by Crippen LogP contribution is 2.61. The Kier molecular flexibility index (Phi) is 6.03. The van der Waals surface area contributed by atoms with Crippen molar-refractivity contribution in [2.24, 2.45) is 5.41 Å². The van der Waals surface area contributed by atoms with Gasteiger partial charge in [-0.25, -0.2) is 0 Å². The molecule has 4 nitrogen and oxygen atoms in total. The summed E-state index contributed by atoms with van der Waals surface area (Å²) in [5.41, 5.74) is 3.59. The molecule has 4 heteroatoms. The number of fused-ring (bicyclic) bond motifs is 9. The van der Waals surface area contributed by atoms with Gasteiger partial charge in [-0.2, -0.15) is 0 Å². The average molecular weight is 727 g/mol. The normalized spacial score (nSPS) is 13.2. The molecule has 0 unspecified atom stereocenters. The van der Waals surface area contributed by atoms with E-state index >= 15 is 0 Å². The summed E-state index contributed by atoms with van der Waals surface area (Å²) in [6, 6.07) is 35.7. The van der Waals surface area contributed by atoms with Crippen molar-refractivity contribution in [3.05, 3.63) is 114 Å². The molecule has 1 aliphatic rings. The van der Waals surface area contributed by atoms with Crippen molar-refractivity contribution in [3.63, 3.8) is 0 Å². The molecule has 0 N–H and O–H groups in total. The van der Waals surface area contributed by atoms with Crippen molar-refractivity contribution >= 4 is 113 Å². The molecule has 0 radical (unpaired) electrons. The van der Waals surface area contributed by atoms with Gasteiger partial charge in [-0.15, -0.1) is 0 Å². The molecule has 0 spiro atoms. The Morgan fingerprint density at radius 1 is 0.339 bits per heavy atom. The predicted octanol–water partition coefficient (Wildman–Crippen LogP) is 13.9. The lowest BCUT2D eigenvalue weighted by molar-refractivity contribution is 0.401. The smallest absolute Gasteiger partial charge is 0.131 e. The van der Waals surface area contributed by atoms with Crippen LogP contribution in [-0.4, -0.2) is 28.4 Å². The third-order valence-electron chi connectivity index (χ3n) is 12.6. The third-order valence-corrected chi connectivity index (χ3v) is 12.6. The zero-order valence-electron chi connectivity index (χ0n) is 32.4. The minimum absolute atomic E-state index is 0.107. The van der Waals surface area contributed by atoms with Crippen molar-refractivity contribution in [1.82, 2.24) is 0 Å². The summed E-state index contributed by atoms with van der Waals surface area (Å²) >= 11 is 0. The van der Waals surface area contributed by atoms with Crippen molar-refractivity contribution in [2.45, 2.75) is 20.8 Å². The van der Waals surface area contributed by atoms with Crippen LogP contribution in [0.5, 0.6) is 23.0 Å². The molecular formula is C52H38O4. The molecule has 12 rings (SSSR count). The fourth-order valence-corrected chi connectivity index (χ4v) is 10.9. The summed E-state index contributed by atoms with van der Waals surface area (Å²) in [4.78, 5) is 0. The number of benzene rings is 11. The van der Waals surface area contributed by atoms with Gasteiger partial charge in [-0.1, -0.05) is 112 Å². The van der Waals surface area contributed by atoms with Crippen LogP contribution in [0.4, 0.5) is 0 Å². The number of hydrogen-bond acceptors (Lipinski definition) is 4. The molecule has 0 aliphatic heterocycles. The number of methoxy groups -OCH3 is 4. The van der Waals surface area contributed by atoms with E-state index in [1.165, 1.54) is 92.1 Å². The summed E-state index contributed by atoms with van der Waals surface area (Å²) in [7, 11) is 7.12. The van der Waals surface area contributed by atoms with Crippen LogP contribution in [0.15, 0.2) is 103 Å². The minimum Gasteiger partial charge on any atom is -0.496 e. The van der Waals surface area contributed by atoms with Crippen LogP contribution in [0.3, 0.4) is 0 Å². The summed E-state index contributed by atoms with van der Waals surface area (Å²) < 4.78 is 25.4. The third kappa shape index (κ3) is 3.61. The minimum atomic E-state index is -0.107. The van der Waals surface area contributed by atoms with E-state index in [0.717, 1.165) is 55.3 Å². The van der Waals surface area contributed by atoms with Gasteiger partial charge in [0.25, 0.3) is 0 Å². The molecule has 0 aromatic heterocycles. The Bertz CT molecular complexity index is 3370. The summed E-state index contributed by atoms with van der Waals surface area (Å²) in [5, 5.41) is 23.9. The van der Waals surface area contributed by atoms with Crippen LogP contribution in [0.2, 0.25) is 0 Å². The largest absolute Gasteiger partial charge is 0.496 e. The molecule has 0 bridgehead atoms. The molecule has 0 saturated carbocycles. The average Bonchev–Trinajstić information content (AvgIpc) is 3.34. The van der Waals surface area contributed by atoms with Gasteiger partial charge >= 0.3 is 0 Å². The van der Waals surface area contributed by atoms with Gasteiger partial charge in [0.15, 0.2) is 0 Å². The van der Waals surface area contributed by atoms with E-state index in [4.69, 9.17) is 18.9 Å². The maximum Gasteiger partial charge on any atom is 0.131 e. The molecule has 11 aromatic rings. The van der Waals surface area contributed by atoms with Gasteiger partial charge in [-0.05, 0) is 86.7 Å². The van der Waals surface area contributed by atoms with Gasteiger partial charge in [-0.3, -0.25) is 0 Å². The first-order chi connectivity index (χ1) is 27.3. The second-order valence-corrected chi connectivity index (χ2v) is 16.5. The molecule has 11 aromatic carbocycles. The fraction of sp³-hybridized carbons (Fsp3) is 0.154. The molecule has 1 aliphatic carbocycles. The van der Waals surface area contributed by atoms with Gasteiger partial charge in [0.2, 0.25) is 0 Å². The van der Waals surface area contributed by atoms with Gasteiger partial charge in [0.1, 0.15) is 23.0 Å². The summed E-state index contributed by atoms with van der Waals surface area (Å²) in [6.07, 6.45) is 2.48. The lowest BCUT2D eigenvalue weighted by atomic mass is 9.77. The monoisotopic (exact) mass is 726 g/mol. The topological polar surface area (TPSA) is 36.9 Å². The molecule has 0 amide bonds. The summed E-state index contributed by atoms with van der Waals surface area (Å²) in [6.45, 7) is 6.90. The Labute approximate surface area is 323 Å². The van der Waals surface area contributed by atoms with Crippen molar-refractivity contribution < 1.29 is 18.9 Å². The highest BCUT2D eigenvalue weighted by atomic mass is 16.5. The van der Waals surface area contributed by atoms with E-state index in [-0.39, 0.29) is 5.41 Å². The summed E-state index contributed by atoms with van der Waals surface area (Å²) in [5.74, 6) is 3.23. The lowest BCUT2D eigenvalue weighted by Crippen LogP contribution is -2.03. The first kappa shape index (κ1) is 31.8. The van der Waals surface area contributed by atoms with Crippen LogP contribution in [0.25, 0.3) is 113 Å². The number of hydrogen-bond donors (Lipinski definition) is 0. The van der Waals surface area contributed by atoms with Crippen LogP contribution < -0.4 is 18.9 Å². The maximum absolute atomic E-state index is 6.37. The first-order valence-electron chi connectivity index (χ1n) is 19.3. The van der Waals surface area contributed by atoms with E-state index in [2.05, 4.69) is 124 Å². The lowest BCUT2D eigenvalue weighted by Gasteiger charge is -2.26. The highest BCUT2D eigenvalue weighted by molar-refractivity contribution is 6.57. The first-order valence-corrected chi connectivity index (χ1v) is 19.3. The maximum atomic E-state index is 6.37. The number of rotatable bonds is 4. The van der Waals surface area contributed by atoms with E-state index in [1.807, 2.05) is 0 Å². The highest BCUT2D eigenvalue weighted by Gasteiger charge is 2.33. The van der Waals surface area contributed by atoms with Gasteiger partial charge in [0.05, 0.1) is 28.4 Å². The van der Waals surface area contributed by atoms with E-state index in [0.29, 0.717) is 0 Å². The van der Waals surface area contributed by atoms with Crippen LogP contribution in [0.1, 0.15) is 31.9 Å². The Hall–Kier alpha value is -6.52. The van der Waals surface area contributed by atoms with Crippen molar-refractivity contribution in [2.75, 3.05) is 28.4 Å². The molecule has 0 fully saturated rings. The quantitative estimate of drug-likeness (QED) is 0.134. The van der Waals surface area contributed by atoms with E-state index < -0.39 is 0 Å². The number of ether oxygens (including phenoxy) is 4. The zero-order chi connectivity index (χ0) is 37.9. The Morgan fingerprint density at radius 3 is 1.00 bits per heavy atom. The van der Waals surface area contributed by atoms with E-state index in [9.17, 15) is 0 Å². The van der Waals surface area contributed by atoms with Gasteiger partial charge < -0.3 is 18.9 Å². The predicted molar refractivity (Wildman–Crippen MR) is 237 cm³/mol. The zero-order valence-corrected chi connectivity index (χ0v) is 32.4. The van der Waals surface area contributed by atoms with Crippen molar-refractivity contribution in [3.8, 4) is 23.0 Å². The van der Waals surface area contributed by atoms with Gasteiger partial charge in [0, 0.05) is 55.2 Å².